The van der Waals surface area contributed by atoms with Gasteiger partial charge in [0, 0.05) is 6.08 Å². The van der Waals surface area contributed by atoms with Gasteiger partial charge in [-0.1, -0.05) is 12.1 Å². The standard InChI is InChI=1S/C15H12N2O3/c18-14-7-5-12(6-8-14)16-17-13-3-1-2-11(10-13)4-9-15(19)20/h1-10,18H,(H,19,20)/b9-4-,17-16?. The van der Waals surface area contributed by atoms with Crippen molar-refractivity contribution in [2.45, 2.75) is 0 Å². The molecule has 0 amide bonds. The number of hydrogen-bond donors (Lipinski definition) is 2. The Labute approximate surface area is 115 Å². The Kier molecular flexibility index (Phi) is 4.24. The van der Waals surface area contributed by atoms with Gasteiger partial charge in [-0.3, -0.25) is 0 Å². The zero-order valence-electron chi connectivity index (χ0n) is 10.5. The monoisotopic (exact) mass is 268 g/mol. The lowest BCUT2D eigenvalue weighted by Gasteiger charge is -1.96. The van der Waals surface area contributed by atoms with E-state index in [9.17, 15) is 4.79 Å². The smallest absolute Gasteiger partial charge is 0.328 e. The van der Waals surface area contributed by atoms with Crippen molar-refractivity contribution in [3.8, 4) is 5.75 Å². The molecule has 0 radical (unpaired) electrons. The van der Waals surface area contributed by atoms with Gasteiger partial charge < -0.3 is 10.2 Å². The number of rotatable bonds is 4. The number of aromatic hydroxyl groups is 1. The van der Waals surface area contributed by atoms with E-state index in [2.05, 4.69) is 10.2 Å². The highest BCUT2D eigenvalue weighted by Crippen LogP contribution is 2.21. The van der Waals surface area contributed by atoms with Crippen LogP contribution in [0, 0.1) is 0 Å². The van der Waals surface area contributed by atoms with Gasteiger partial charge in [0.1, 0.15) is 5.75 Å². The van der Waals surface area contributed by atoms with E-state index in [4.69, 9.17) is 10.2 Å². The second-order valence-corrected chi connectivity index (χ2v) is 3.98. The Morgan fingerprint density at radius 2 is 1.70 bits per heavy atom. The average Bonchev–Trinajstić information content (AvgIpc) is 2.45. The summed E-state index contributed by atoms with van der Waals surface area (Å²) < 4.78 is 0. The first-order chi connectivity index (χ1) is 9.63. The number of benzene rings is 2. The molecule has 2 aromatic rings. The van der Waals surface area contributed by atoms with Crippen LogP contribution in [-0.2, 0) is 4.79 Å². The highest BCUT2D eigenvalue weighted by atomic mass is 16.4. The molecule has 0 aliphatic rings. The maximum Gasteiger partial charge on any atom is 0.328 e. The van der Waals surface area contributed by atoms with Crippen LogP contribution in [0.5, 0.6) is 5.75 Å². The zero-order valence-corrected chi connectivity index (χ0v) is 10.5. The summed E-state index contributed by atoms with van der Waals surface area (Å²) in [4.78, 5) is 10.4. The fourth-order valence-corrected chi connectivity index (χ4v) is 1.49. The van der Waals surface area contributed by atoms with Crippen molar-refractivity contribution in [2.24, 2.45) is 10.2 Å². The molecule has 0 fully saturated rings. The van der Waals surface area contributed by atoms with Crippen LogP contribution in [0.25, 0.3) is 6.08 Å². The number of azo groups is 1. The molecule has 0 spiro atoms. The van der Waals surface area contributed by atoms with Crippen LogP contribution in [0.2, 0.25) is 0 Å². The Morgan fingerprint density at radius 3 is 2.40 bits per heavy atom. The molecule has 0 aliphatic carbocycles. The van der Waals surface area contributed by atoms with Crippen molar-refractivity contribution < 1.29 is 15.0 Å². The second-order valence-electron chi connectivity index (χ2n) is 3.98. The molecule has 20 heavy (non-hydrogen) atoms. The van der Waals surface area contributed by atoms with Gasteiger partial charge in [0.15, 0.2) is 0 Å². The van der Waals surface area contributed by atoms with E-state index >= 15 is 0 Å². The van der Waals surface area contributed by atoms with Crippen molar-refractivity contribution in [3.63, 3.8) is 0 Å². The number of phenolic OH excluding ortho intramolecular Hbond substituents is 1. The fraction of sp³-hybridized carbons (Fsp3) is 0. The molecular formula is C15H12N2O3. The number of carboxylic acids is 1. The summed E-state index contributed by atoms with van der Waals surface area (Å²) in [6.07, 6.45) is 2.55. The van der Waals surface area contributed by atoms with E-state index in [1.165, 1.54) is 18.2 Å². The van der Waals surface area contributed by atoms with Gasteiger partial charge in [0.25, 0.3) is 0 Å². The minimum absolute atomic E-state index is 0.171. The van der Waals surface area contributed by atoms with E-state index in [0.29, 0.717) is 11.4 Å². The van der Waals surface area contributed by atoms with Gasteiger partial charge in [-0.15, -0.1) is 0 Å². The number of carbonyl (C=O) groups is 1. The number of phenols is 1. The molecule has 0 aliphatic heterocycles. The second kappa shape index (κ2) is 6.29. The van der Waals surface area contributed by atoms with Crippen molar-refractivity contribution in [2.75, 3.05) is 0 Å². The lowest BCUT2D eigenvalue weighted by molar-refractivity contribution is -0.131. The van der Waals surface area contributed by atoms with Crippen LogP contribution >= 0.6 is 0 Å². The quantitative estimate of drug-likeness (QED) is 0.651. The van der Waals surface area contributed by atoms with E-state index in [1.807, 2.05) is 0 Å². The SMILES string of the molecule is O=C(O)/C=C\c1cccc(N=Nc2ccc(O)cc2)c1. The number of carboxylic acid groups (broad SMARTS) is 1. The number of aliphatic carboxylic acids is 1. The Balaban J connectivity index is 2.15. The molecule has 0 saturated heterocycles. The first-order valence-electron chi connectivity index (χ1n) is 5.85. The summed E-state index contributed by atoms with van der Waals surface area (Å²) in [7, 11) is 0. The molecule has 5 nitrogen and oxygen atoms in total. The Hall–Kier alpha value is -2.95. The Bertz CT molecular complexity index is 661. The first kappa shape index (κ1) is 13.5. The van der Waals surface area contributed by atoms with Crippen LogP contribution in [0.3, 0.4) is 0 Å². The molecule has 0 bridgehead atoms. The van der Waals surface area contributed by atoms with E-state index in [-0.39, 0.29) is 5.75 Å². The minimum Gasteiger partial charge on any atom is -0.508 e. The van der Waals surface area contributed by atoms with Crippen LogP contribution in [0.15, 0.2) is 64.8 Å². The van der Waals surface area contributed by atoms with Crippen LogP contribution in [-0.4, -0.2) is 16.2 Å². The predicted octanol–water partition coefficient (Wildman–Crippen LogP) is 3.91. The molecule has 0 unspecified atom stereocenters. The van der Waals surface area contributed by atoms with Crippen molar-refractivity contribution in [3.05, 3.63) is 60.2 Å². The van der Waals surface area contributed by atoms with Crippen LogP contribution < -0.4 is 0 Å². The van der Waals surface area contributed by atoms with E-state index < -0.39 is 5.97 Å². The van der Waals surface area contributed by atoms with Gasteiger partial charge in [-0.2, -0.15) is 10.2 Å². The molecule has 2 rings (SSSR count). The van der Waals surface area contributed by atoms with Gasteiger partial charge >= 0.3 is 5.97 Å². The van der Waals surface area contributed by atoms with Gasteiger partial charge in [-0.05, 0) is 48.0 Å². The van der Waals surface area contributed by atoms with Crippen LogP contribution in [0.4, 0.5) is 11.4 Å². The Morgan fingerprint density at radius 1 is 1.00 bits per heavy atom. The maximum absolute atomic E-state index is 10.4. The topological polar surface area (TPSA) is 82.2 Å². The third kappa shape index (κ3) is 4.06. The molecule has 2 aromatic carbocycles. The molecule has 0 heterocycles. The van der Waals surface area contributed by atoms with Gasteiger partial charge in [0.05, 0.1) is 11.4 Å². The summed E-state index contributed by atoms with van der Waals surface area (Å²) >= 11 is 0. The highest BCUT2D eigenvalue weighted by molar-refractivity contribution is 5.85. The summed E-state index contributed by atoms with van der Waals surface area (Å²) in [5, 5.41) is 25.8. The third-order valence-corrected chi connectivity index (χ3v) is 2.42. The lowest BCUT2D eigenvalue weighted by atomic mass is 10.2. The van der Waals surface area contributed by atoms with Crippen LogP contribution in [0.1, 0.15) is 5.56 Å². The fourth-order valence-electron chi connectivity index (χ4n) is 1.49. The van der Waals surface area contributed by atoms with Crippen molar-refractivity contribution in [1.82, 2.24) is 0 Å². The third-order valence-electron chi connectivity index (χ3n) is 2.42. The average molecular weight is 268 g/mol. The highest BCUT2D eigenvalue weighted by Gasteiger charge is 1.94. The summed E-state index contributed by atoms with van der Waals surface area (Å²) in [5.74, 6) is -0.828. The number of hydrogen-bond acceptors (Lipinski definition) is 4. The zero-order chi connectivity index (χ0) is 14.4. The van der Waals surface area contributed by atoms with Gasteiger partial charge in [0.2, 0.25) is 0 Å². The molecule has 100 valence electrons. The molecular weight excluding hydrogens is 256 g/mol. The van der Waals surface area contributed by atoms with E-state index in [1.54, 1.807) is 36.4 Å². The maximum atomic E-state index is 10.4. The largest absolute Gasteiger partial charge is 0.508 e. The summed E-state index contributed by atoms with van der Waals surface area (Å²) in [6.45, 7) is 0. The first-order valence-corrected chi connectivity index (χ1v) is 5.85. The molecule has 0 saturated carbocycles. The minimum atomic E-state index is -0.999. The predicted molar refractivity (Wildman–Crippen MR) is 75.4 cm³/mol. The van der Waals surface area contributed by atoms with Crippen molar-refractivity contribution in [1.29, 1.82) is 0 Å². The summed E-state index contributed by atoms with van der Waals surface area (Å²) in [6, 6.07) is 13.4. The molecule has 2 N–H and O–H groups in total. The molecule has 0 atom stereocenters. The van der Waals surface area contributed by atoms with Gasteiger partial charge in [-0.25, -0.2) is 4.79 Å². The molecule has 5 heteroatoms. The van der Waals surface area contributed by atoms with Crippen molar-refractivity contribution >= 4 is 23.4 Å². The van der Waals surface area contributed by atoms with E-state index in [0.717, 1.165) is 11.6 Å². The number of nitrogens with zero attached hydrogens (tertiary/aromatic N) is 2. The lowest BCUT2D eigenvalue weighted by Crippen LogP contribution is -1.85. The summed E-state index contributed by atoms with van der Waals surface area (Å²) in [5.41, 5.74) is 1.97. The molecule has 0 aromatic heterocycles. The normalized spacial score (nSPS) is 11.2.